The highest BCUT2D eigenvalue weighted by Gasteiger charge is 2.28. The number of ether oxygens (including phenoxy) is 1. The first-order valence-electron chi connectivity index (χ1n) is 10.5. The highest BCUT2D eigenvalue weighted by Crippen LogP contribution is 2.26. The molecule has 0 saturated carbocycles. The average molecular weight is 414 g/mol. The highest BCUT2D eigenvalue weighted by molar-refractivity contribution is 5.91. The number of hydrogen-bond acceptors (Lipinski definition) is 4. The first-order chi connectivity index (χ1) is 15.3. The summed E-state index contributed by atoms with van der Waals surface area (Å²) in [5.74, 6) is 2.79. The van der Waals surface area contributed by atoms with Crippen molar-refractivity contribution >= 4 is 22.5 Å². The molecule has 1 amide bonds. The van der Waals surface area contributed by atoms with Crippen LogP contribution in [0.5, 0.6) is 5.75 Å². The third-order valence-corrected chi connectivity index (χ3v) is 5.59. The van der Waals surface area contributed by atoms with Gasteiger partial charge in [0.1, 0.15) is 31.2 Å². The number of H-pyrrole nitrogens is 1. The van der Waals surface area contributed by atoms with Gasteiger partial charge in [0.15, 0.2) is 5.76 Å². The molecule has 4 aromatic rings. The number of fused-ring (bicyclic) bond motifs is 1. The molecule has 6 nitrogen and oxygen atoms in total. The molecular formula is C25H24N3O3+. The smallest absolute Gasteiger partial charge is 0.289 e. The van der Waals surface area contributed by atoms with Gasteiger partial charge in [0, 0.05) is 11.5 Å². The fourth-order valence-electron chi connectivity index (χ4n) is 3.93. The maximum Gasteiger partial charge on any atom is 0.289 e. The Balaban J connectivity index is 1.20. The lowest BCUT2D eigenvalue weighted by Crippen LogP contribution is -2.49. The maximum absolute atomic E-state index is 12.9. The zero-order valence-electron chi connectivity index (χ0n) is 17.2. The summed E-state index contributed by atoms with van der Waals surface area (Å²) in [5.41, 5.74) is 0. The van der Waals surface area contributed by atoms with E-state index >= 15 is 0 Å². The van der Waals surface area contributed by atoms with Crippen LogP contribution in [0.4, 0.5) is 5.82 Å². The molecule has 1 aliphatic rings. The second-order valence-electron chi connectivity index (χ2n) is 7.56. The van der Waals surface area contributed by atoms with E-state index in [1.165, 1.54) is 0 Å². The van der Waals surface area contributed by atoms with E-state index < -0.39 is 0 Å². The van der Waals surface area contributed by atoms with E-state index in [2.05, 4.69) is 22.0 Å². The number of hydrogen-bond donors (Lipinski definition) is 0. The van der Waals surface area contributed by atoms with E-state index in [0.717, 1.165) is 35.4 Å². The van der Waals surface area contributed by atoms with Crippen LogP contribution < -0.4 is 14.6 Å². The molecule has 1 aliphatic heterocycles. The molecule has 0 bridgehead atoms. The van der Waals surface area contributed by atoms with E-state index in [1.54, 1.807) is 6.07 Å². The molecule has 0 aliphatic carbocycles. The molecule has 1 N–H and O–H groups in total. The number of anilines is 1. The van der Waals surface area contributed by atoms with Crippen LogP contribution in [0.2, 0.25) is 0 Å². The van der Waals surface area contributed by atoms with Gasteiger partial charge in [-0.05, 0) is 29.7 Å². The molecule has 0 spiro atoms. The standard InChI is InChI=1S/C25H23N3O3/c29-25(28-16-14-27(15-17-28)24-10-3-4-13-26-24)23-12-11-20(31-23)18-30-22-9-5-7-19-6-1-2-8-21(19)22/h1-13H,14-18H2/p+1. The summed E-state index contributed by atoms with van der Waals surface area (Å²) in [6, 6.07) is 23.6. The van der Waals surface area contributed by atoms with Gasteiger partial charge in [-0.25, -0.2) is 4.98 Å². The molecule has 6 heteroatoms. The molecule has 2 aromatic heterocycles. The van der Waals surface area contributed by atoms with Gasteiger partial charge in [0.25, 0.3) is 11.7 Å². The molecule has 5 rings (SSSR count). The number of benzene rings is 2. The van der Waals surface area contributed by atoms with Crippen molar-refractivity contribution in [1.29, 1.82) is 0 Å². The summed E-state index contributed by atoms with van der Waals surface area (Å²) in [5, 5.41) is 2.18. The van der Waals surface area contributed by atoms with Gasteiger partial charge < -0.3 is 14.1 Å². The molecule has 1 saturated heterocycles. The molecule has 0 atom stereocenters. The Morgan fingerprint density at radius 2 is 1.71 bits per heavy atom. The van der Waals surface area contributed by atoms with Crippen LogP contribution in [0, 0.1) is 0 Å². The van der Waals surface area contributed by atoms with Crippen LogP contribution in [0.15, 0.2) is 83.4 Å². The lowest BCUT2D eigenvalue weighted by atomic mass is 10.1. The molecule has 1 fully saturated rings. The van der Waals surface area contributed by atoms with Crippen molar-refractivity contribution in [2.24, 2.45) is 0 Å². The number of nitrogens with one attached hydrogen (secondary N) is 1. The van der Waals surface area contributed by atoms with Gasteiger partial charge in [-0.2, -0.15) is 0 Å². The quantitative estimate of drug-likeness (QED) is 0.499. The molecule has 156 valence electrons. The van der Waals surface area contributed by atoms with Crippen LogP contribution in [-0.2, 0) is 6.61 Å². The van der Waals surface area contributed by atoms with Crippen molar-refractivity contribution in [3.63, 3.8) is 0 Å². The van der Waals surface area contributed by atoms with Crippen molar-refractivity contribution < 1.29 is 18.9 Å². The number of rotatable bonds is 5. The van der Waals surface area contributed by atoms with Crippen LogP contribution in [-0.4, -0.2) is 37.0 Å². The Morgan fingerprint density at radius 3 is 2.55 bits per heavy atom. The Labute approximate surface area is 180 Å². The Hall–Kier alpha value is -3.80. The topological polar surface area (TPSA) is 60.1 Å². The van der Waals surface area contributed by atoms with E-state index in [9.17, 15) is 4.79 Å². The first-order valence-corrected chi connectivity index (χ1v) is 10.5. The number of carbonyl (C=O) groups excluding carboxylic acids is 1. The van der Waals surface area contributed by atoms with Gasteiger partial charge in [0.05, 0.1) is 19.3 Å². The number of furan rings is 1. The number of aromatic nitrogens is 1. The van der Waals surface area contributed by atoms with Gasteiger partial charge in [0.2, 0.25) is 0 Å². The van der Waals surface area contributed by atoms with Gasteiger partial charge in [-0.3, -0.25) is 9.69 Å². The number of nitrogens with zero attached hydrogens (tertiary/aromatic N) is 2. The summed E-state index contributed by atoms with van der Waals surface area (Å²) in [7, 11) is 0. The number of amides is 1. The molecular weight excluding hydrogens is 390 g/mol. The summed E-state index contributed by atoms with van der Waals surface area (Å²) in [4.78, 5) is 20.2. The van der Waals surface area contributed by atoms with E-state index in [-0.39, 0.29) is 12.5 Å². The van der Waals surface area contributed by atoms with Gasteiger partial charge in [-0.1, -0.05) is 42.5 Å². The fourth-order valence-corrected chi connectivity index (χ4v) is 3.93. The Kier molecular flexibility index (Phi) is 5.27. The minimum atomic E-state index is -0.0758. The van der Waals surface area contributed by atoms with Crippen LogP contribution in [0.25, 0.3) is 10.8 Å². The zero-order chi connectivity index (χ0) is 21.0. The van der Waals surface area contributed by atoms with Crippen molar-refractivity contribution in [2.45, 2.75) is 6.61 Å². The largest absolute Gasteiger partial charge is 0.485 e. The lowest BCUT2D eigenvalue weighted by molar-refractivity contribution is -0.364. The maximum atomic E-state index is 12.9. The van der Waals surface area contributed by atoms with Gasteiger partial charge in [-0.15, -0.1) is 0 Å². The number of piperazine rings is 1. The number of pyridine rings is 1. The summed E-state index contributed by atoms with van der Waals surface area (Å²) < 4.78 is 11.8. The normalized spacial score (nSPS) is 14.1. The Bertz CT molecular complexity index is 1180. The molecule has 31 heavy (non-hydrogen) atoms. The monoisotopic (exact) mass is 414 g/mol. The van der Waals surface area contributed by atoms with Crippen molar-refractivity contribution in [3.8, 4) is 5.75 Å². The zero-order valence-corrected chi connectivity index (χ0v) is 17.2. The molecule has 0 unspecified atom stereocenters. The van der Waals surface area contributed by atoms with E-state index in [1.807, 2.05) is 65.7 Å². The summed E-state index contributed by atoms with van der Waals surface area (Å²) in [6.07, 6.45) is 1.91. The minimum Gasteiger partial charge on any atom is -0.485 e. The first kappa shape index (κ1) is 19.2. The predicted octanol–water partition coefficient (Wildman–Crippen LogP) is 3.79. The van der Waals surface area contributed by atoms with E-state index in [4.69, 9.17) is 9.15 Å². The van der Waals surface area contributed by atoms with Gasteiger partial charge >= 0.3 is 0 Å². The highest BCUT2D eigenvalue weighted by atomic mass is 16.5. The predicted molar refractivity (Wildman–Crippen MR) is 118 cm³/mol. The lowest BCUT2D eigenvalue weighted by Gasteiger charge is -2.30. The van der Waals surface area contributed by atoms with Crippen LogP contribution in [0.1, 0.15) is 16.3 Å². The van der Waals surface area contributed by atoms with Crippen molar-refractivity contribution in [3.05, 3.63) is 90.5 Å². The van der Waals surface area contributed by atoms with Crippen LogP contribution >= 0.6 is 0 Å². The number of aromatic amines is 1. The van der Waals surface area contributed by atoms with Crippen molar-refractivity contribution in [2.75, 3.05) is 31.1 Å². The summed E-state index contributed by atoms with van der Waals surface area (Å²) >= 11 is 0. The van der Waals surface area contributed by atoms with E-state index in [0.29, 0.717) is 24.6 Å². The molecule has 2 aromatic carbocycles. The second-order valence-corrected chi connectivity index (χ2v) is 7.56. The summed E-state index contributed by atoms with van der Waals surface area (Å²) in [6.45, 7) is 3.15. The Morgan fingerprint density at radius 1 is 0.903 bits per heavy atom. The molecule has 3 heterocycles. The third kappa shape index (κ3) is 4.10. The fraction of sp³-hybridized carbons (Fsp3) is 0.200. The van der Waals surface area contributed by atoms with Crippen LogP contribution in [0.3, 0.4) is 0 Å². The number of carbonyl (C=O) groups is 1. The average Bonchev–Trinajstić information content (AvgIpc) is 3.32. The minimum absolute atomic E-state index is 0.0758. The SMILES string of the molecule is O=C(c1ccc(COc2cccc3ccccc23)o1)N1CCN(c2cccc[nH+]2)CC1. The molecule has 0 radical (unpaired) electrons. The van der Waals surface area contributed by atoms with Crippen molar-refractivity contribution in [1.82, 2.24) is 4.90 Å². The third-order valence-electron chi connectivity index (χ3n) is 5.59. The second kappa shape index (κ2) is 8.52.